The van der Waals surface area contributed by atoms with Crippen molar-refractivity contribution in [3.05, 3.63) is 23.8 Å². The van der Waals surface area contributed by atoms with Gasteiger partial charge in [0, 0.05) is 33.3 Å². The van der Waals surface area contributed by atoms with E-state index in [-0.39, 0.29) is 24.0 Å². The summed E-state index contributed by atoms with van der Waals surface area (Å²) in [5.74, 6) is 2.64. The Morgan fingerprint density at radius 2 is 2.00 bits per heavy atom. The van der Waals surface area contributed by atoms with E-state index >= 15 is 0 Å². The monoisotopic (exact) mass is 531 g/mol. The predicted octanol–water partition coefficient (Wildman–Crippen LogP) is 3.20. The summed E-state index contributed by atoms with van der Waals surface area (Å²) in [5.41, 5.74) is 1.23. The summed E-state index contributed by atoms with van der Waals surface area (Å²) in [6.45, 7) is 4.73. The van der Waals surface area contributed by atoms with Crippen molar-refractivity contribution in [3.8, 4) is 11.5 Å². The molecule has 0 saturated carbocycles. The number of piperidine rings is 1. The van der Waals surface area contributed by atoms with Gasteiger partial charge in [-0.3, -0.25) is 4.99 Å². The van der Waals surface area contributed by atoms with E-state index in [0.29, 0.717) is 19.0 Å². The van der Waals surface area contributed by atoms with Gasteiger partial charge in [0.2, 0.25) is 6.79 Å². The highest BCUT2D eigenvalue weighted by atomic mass is 127. The molecule has 0 aliphatic carbocycles. The number of fused-ring (bicyclic) bond motifs is 1. The first kappa shape index (κ1) is 23.4. The maximum atomic E-state index is 6.13. The molecule has 1 N–H and O–H groups in total. The van der Waals surface area contributed by atoms with E-state index in [0.717, 1.165) is 76.0 Å². The first-order valence-corrected chi connectivity index (χ1v) is 10.9. The van der Waals surface area contributed by atoms with Crippen molar-refractivity contribution in [2.24, 2.45) is 4.99 Å². The first-order valence-electron chi connectivity index (χ1n) is 10.9. The summed E-state index contributed by atoms with van der Waals surface area (Å²) in [7, 11) is 1.85. The second-order valence-electron chi connectivity index (χ2n) is 7.92. The van der Waals surface area contributed by atoms with Gasteiger partial charge >= 0.3 is 0 Å². The molecule has 4 rings (SSSR count). The van der Waals surface area contributed by atoms with E-state index < -0.39 is 0 Å². The van der Waals surface area contributed by atoms with Gasteiger partial charge in [-0.1, -0.05) is 6.07 Å². The number of aliphatic imine (C=N–C) groups is 1. The molecule has 8 heteroatoms. The summed E-state index contributed by atoms with van der Waals surface area (Å²) in [6.07, 6.45) is 7.22. The molecule has 1 atom stereocenters. The van der Waals surface area contributed by atoms with E-state index in [4.69, 9.17) is 18.9 Å². The third kappa shape index (κ3) is 6.37. The normalized spacial score (nSPS) is 22.0. The maximum absolute atomic E-state index is 6.13. The van der Waals surface area contributed by atoms with Crippen molar-refractivity contribution >= 4 is 29.9 Å². The van der Waals surface area contributed by atoms with Crippen LogP contribution < -0.4 is 14.8 Å². The van der Waals surface area contributed by atoms with Crippen LogP contribution in [0.5, 0.6) is 11.5 Å². The second kappa shape index (κ2) is 12.0. The van der Waals surface area contributed by atoms with Gasteiger partial charge < -0.3 is 29.2 Å². The van der Waals surface area contributed by atoms with Crippen LogP contribution in [0.4, 0.5) is 0 Å². The van der Waals surface area contributed by atoms with Gasteiger partial charge in [0.15, 0.2) is 17.5 Å². The van der Waals surface area contributed by atoms with Crippen molar-refractivity contribution in [1.29, 1.82) is 0 Å². The van der Waals surface area contributed by atoms with Crippen LogP contribution in [-0.2, 0) is 15.9 Å². The van der Waals surface area contributed by atoms with Crippen molar-refractivity contribution in [1.82, 2.24) is 10.2 Å². The minimum atomic E-state index is 0. The number of rotatable bonds is 6. The van der Waals surface area contributed by atoms with Crippen LogP contribution in [0.2, 0.25) is 0 Å². The second-order valence-corrected chi connectivity index (χ2v) is 7.92. The highest BCUT2D eigenvalue weighted by Crippen LogP contribution is 2.32. The van der Waals surface area contributed by atoms with Crippen LogP contribution in [0.15, 0.2) is 23.2 Å². The zero-order chi connectivity index (χ0) is 19.9. The largest absolute Gasteiger partial charge is 0.454 e. The number of guanidine groups is 1. The fourth-order valence-electron chi connectivity index (χ4n) is 4.16. The van der Waals surface area contributed by atoms with Crippen molar-refractivity contribution in [3.63, 3.8) is 0 Å². The van der Waals surface area contributed by atoms with Crippen molar-refractivity contribution in [2.45, 2.75) is 50.7 Å². The van der Waals surface area contributed by atoms with Crippen LogP contribution in [-0.4, -0.2) is 69.8 Å². The smallest absolute Gasteiger partial charge is 0.231 e. The van der Waals surface area contributed by atoms with E-state index in [1.54, 1.807) is 0 Å². The molecular weight excluding hydrogens is 497 g/mol. The Balaban J connectivity index is 0.00000256. The van der Waals surface area contributed by atoms with Crippen molar-refractivity contribution < 1.29 is 18.9 Å². The Bertz CT molecular complexity index is 689. The fourth-order valence-corrected chi connectivity index (χ4v) is 4.16. The Hall–Kier alpha value is -1.26. The number of nitrogens with zero attached hydrogens (tertiary/aromatic N) is 2. The Morgan fingerprint density at radius 3 is 2.77 bits per heavy atom. The minimum Gasteiger partial charge on any atom is -0.454 e. The lowest BCUT2D eigenvalue weighted by Crippen LogP contribution is -2.47. The van der Waals surface area contributed by atoms with E-state index in [9.17, 15) is 0 Å². The maximum Gasteiger partial charge on any atom is 0.231 e. The Morgan fingerprint density at radius 1 is 1.17 bits per heavy atom. The lowest BCUT2D eigenvalue weighted by atomic mass is 10.1. The lowest BCUT2D eigenvalue weighted by Gasteiger charge is -2.35. The molecule has 1 unspecified atom stereocenters. The molecule has 3 heterocycles. The highest BCUT2D eigenvalue weighted by Gasteiger charge is 2.23. The molecular formula is C22H34IN3O4. The Kier molecular flexibility index (Phi) is 9.32. The summed E-state index contributed by atoms with van der Waals surface area (Å²) in [5, 5.41) is 3.50. The molecule has 1 aromatic carbocycles. The molecule has 0 spiro atoms. The van der Waals surface area contributed by atoms with Gasteiger partial charge in [-0.15, -0.1) is 24.0 Å². The minimum absolute atomic E-state index is 0. The van der Waals surface area contributed by atoms with E-state index in [1.165, 1.54) is 18.4 Å². The third-order valence-corrected chi connectivity index (χ3v) is 5.88. The number of nitrogens with one attached hydrogen (secondary N) is 1. The predicted molar refractivity (Wildman–Crippen MR) is 127 cm³/mol. The Labute approximate surface area is 196 Å². The van der Waals surface area contributed by atoms with Crippen LogP contribution >= 0.6 is 24.0 Å². The summed E-state index contributed by atoms with van der Waals surface area (Å²) >= 11 is 0. The standard InChI is InChI=1S/C22H33N3O4.HI/c1-23-22(24-10-7-17-5-6-20-21(14-17)29-16-28-20)25-11-8-18(9-12-25)27-15-19-4-2-3-13-26-19;/h5-6,14,18-19H,2-4,7-13,15-16H2,1H3,(H,23,24);1H. The number of ether oxygens (including phenoxy) is 4. The topological polar surface area (TPSA) is 64.6 Å². The zero-order valence-corrected chi connectivity index (χ0v) is 20.1. The molecule has 0 amide bonds. The van der Waals surface area contributed by atoms with Crippen LogP contribution in [0.3, 0.4) is 0 Å². The summed E-state index contributed by atoms with van der Waals surface area (Å²) < 4.78 is 22.7. The van der Waals surface area contributed by atoms with Crippen LogP contribution in [0, 0.1) is 0 Å². The molecule has 2 fully saturated rings. The number of likely N-dealkylation sites (tertiary alicyclic amines) is 1. The number of benzene rings is 1. The summed E-state index contributed by atoms with van der Waals surface area (Å²) in [4.78, 5) is 6.80. The average Bonchev–Trinajstić information content (AvgIpc) is 3.24. The highest BCUT2D eigenvalue weighted by molar-refractivity contribution is 14.0. The summed E-state index contributed by atoms with van der Waals surface area (Å²) in [6, 6.07) is 6.14. The van der Waals surface area contributed by atoms with Gasteiger partial charge in [-0.05, 0) is 56.2 Å². The molecule has 3 aliphatic rings. The molecule has 3 aliphatic heterocycles. The van der Waals surface area contributed by atoms with Crippen molar-refractivity contribution in [2.75, 3.05) is 46.7 Å². The fraction of sp³-hybridized carbons (Fsp3) is 0.682. The quantitative estimate of drug-likeness (QED) is 0.346. The van der Waals surface area contributed by atoms with Crippen LogP contribution in [0.1, 0.15) is 37.7 Å². The van der Waals surface area contributed by atoms with E-state index in [2.05, 4.69) is 27.3 Å². The molecule has 1 aromatic rings. The molecule has 7 nitrogen and oxygen atoms in total. The molecule has 0 bridgehead atoms. The van der Waals surface area contributed by atoms with Gasteiger partial charge in [-0.2, -0.15) is 0 Å². The average molecular weight is 531 g/mol. The van der Waals surface area contributed by atoms with Gasteiger partial charge in [0.25, 0.3) is 0 Å². The zero-order valence-electron chi connectivity index (χ0n) is 17.8. The molecule has 0 radical (unpaired) electrons. The SMILES string of the molecule is CN=C(NCCc1ccc2c(c1)OCO2)N1CCC(OCC2CCCCO2)CC1.I. The van der Waals surface area contributed by atoms with Gasteiger partial charge in [0.1, 0.15) is 0 Å². The van der Waals surface area contributed by atoms with Crippen LogP contribution in [0.25, 0.3) is 0 Å². The molecule has 0 aromatic heterocycles. The third-order valence-electron chi connectivity index (χ3n) is 5.88. The molecule has 168 valence electrons. The molecule has 30 heavy (non-hydrogen) atoms. The first-order chi connectivity index (χ1) is 14.3. The lowest BCUT2D eigenvalue weighted by molar-refractivity contribution is -0.0721. The van der Waals surface area contributed by atoms with Gasteiger partial charge in [0.05, 0.1) is 18.8 Å². The van der Waals surface area contributed by atoms with Gasteiger partial charge in [-0.25, -0.2) is 0 Å². The molecule has 2 saturated heterocycles. The number of hydrogen-bond acceptors (Lipinski definition) is 5. The number of halogens is 1. The number of hydrogen-bond donors (Lipinski definition) is 1. The van der Waals surface area contributed by atoms with E-state index in [1.807, 2.05) is 13.1 Å².